The van der Waals surface area contributed by atoms with Crippen LogP contribution in [0.2, 0.25) is 0 Å². The van der Waals surface area contributed by atoms with Crippen molar-refractivity contribution >= 4 is 0 Å². The predicted octanol–water partition coefficient (Wildman–Crippen LogP) is -2.86. The summed E-state index contributed by atoms with van der Waals surface area (Å²) in [5, 5.41) is 25.0. The molecule has 0 fully saturated rings. The molecule has 0 aliphatic rings. The van der Waals surface area contributed by atoms with Crippen molar-refractivity contribution in [3.05, 3.63) is 17.2 Å². The number of aromatic amines is 1. The van der Waals surface area contributed by atoms with Crippen molar-refractivity contribution in [2.75, 3.05) is 0 Å². The molecule has 0 aliphatic heterocycles. The van der Waals surface area contributed by atoms with Crippen LogP contribution in [-0.2, 0) is 0 Å². The van der Waals surface area contributed by atoms with Gasteiger partial charge in [-0.05, 0) is 0 Å². The minimum absolute atomic E-state index is 0. The Bertz CT molecular complexity index is 373. The van der Waals surface area contributed by atoms with Gasteiger partial charge in [0.2, 0.25) is 5.82 Å². The molecule has 0 aliphatic carbocycles. The fourth-order valence-electron chi connectivity index (χ4n) is 0.588. The van der Waals surface area contributed by atoms with Crippen LogP contribution in [0.5, 0.6) is 0 Å². The number of nitrogens with zero attached hydrogens (tertiary/aromatic N) is 4. The molecule has 52 valence electrons. The summed E-state index contributed by atoms with van der Waals surface area (Å²) in [5.41, 5.74) is -0.00639. The first kappa shape index (κ1) is 10.7. The van der Waals surface area contributed by atoms with E-state index in [1.165, 1.54) is 0 Å². The topological polar surface area (TPSA) is 100 Å². The summed E-state index contributed by atoms with van der Waals surface area (Å²) in [6.07, 6.45) is 0. The van der Waals surface area contributed by atoms with Crippen molar-refractivity contribution in [3.63, 3.8) is 0 Å². The number of nitrogens with one attached hydrogen (secondary N) is 1. The minimum Gasteiger partial charge on any atom is -1.00 e. The monoisotopic (exact) mass is 167 g/mol. The Balaban J connectivity index is 0. The van der Waals surface area contributed by atoms with Gasteiger partial charge in [-0.2, -0.15) is 15.8 Å². The van der Waals surface area contributed by atoms with E-state index in [1.54, 1.807) is 18.2 Å². The van der Waals surface area contributed by atoms with Gasteiger partial charge >= 0.3 is 29.6 Å². The van der Waals surface area contributed by atoms with E-state index >= 15 is 0 Å². The fourth-order valence-corrected chi connectivity index (χ4v) is 0.588. The van der Waals surface area contributed by atoms with E-state index in [0.717, 1.165) is 0 Å². The van der Waals surface area contributed by atoms with E-state index in [-0.39, 0.29) is 48.2 Å². The van der Waals surface area contributed by atoms with E-state index in [9.17, 15) is 0 Å². The molecule has 1 aromatic heterocycles. The first-order chi connectivity index (χ1) is 5.31. The molecule has 1 heterocycles. The van der Waals surface area contributed by atoms with Gasteiger partial charge in [0.15, 0.2) is 11.4 Å². The number of hydrogen-bond donors (Lipinski definition) is 1. The van der Waals surface area contributed by atoms with Gasteiger partial charge in [0.05, 0.1) is 0 Å². The average molecular weight is 167 g/mol. The van der Waals surface area contributed by atoms with Crippen LogP contribution in [0.25, 0.3) is 0 Å². The smallest absolute Gasteiger partial charge is 1.00 e. The van der Waals surface area contributed by atoms with Crippen LogP contribution < -0.4 is 29.6 Å². The summed E-state index contributed by atoms with van der Waals surface area (Å²) in [6.45, 7) is 0. The Morgan fingerprint density at radius 2 is 1.83 bits per heavy atom. The first-order valence-electron chi connectivity index (χ1n) is 2.62. The van der Waals surface area contributed by atoms with E-state index in [2.05, 4.69) is 9.97 Å². The number of rotatable bonds is 0. The molecule has 1 rings (SSSR count). The molecule has 5 nitrogen and oxygen atoms in total. The molecule has 12 heavy (non-hydrogen) atoms. The zero-order valence-electron chi connectivity index (χ0n) is 7.29. The second-order valence-corrected chi connectivity index (χ2v) is 1.64. The third kappa shape index (κ3) is 1.84. The maximum atomic E-state index is 8.38. The van der Waals surface area contributed by atoms with Crippen LogP contribution in [0.4, 0.5) is 0 Å². The number of aromatic nitrogens is 2. The largest absolute Gasteiger partial charge is 1.00 e. The van der Waals surface area contributed by atoms with Crippen molar-refractivity contribution in [2.45, 2.75) is 0 Å². The average Bonchev–Trinajstić information content (AvgIpc) is 2.46. The van der Waals surface area contributed by atoms with Crippen LogP contribution in [0.3, 0.4) is 0 Å². The molecule has 0 radical (unpaired) electrons. The van der Waals surface area contributed by atoms with Crippen LogP contribution in [0.15, 0.2) is 0 Å². The Hall–Kier alpha value is -1.32. The Morgan fingerprint density at radius 3 is 2.17 bits per heavy atom. The summed E-state index contributed by atoms with van der Waals surface area (Å²) in [7, 11) is 0. The molecule has 1 N–H and O–H groups in total. The third-order valence-corrected chi connectivity index (χ3v) is 1.03. The molecule has 0 amide bonds. The maximum absolute atomic E-state index is 8.38. The molecule has 6 heteroatoms. The van der Waals surface area contributed by atoms with Gasteiger partial charge in [-0.3, -0.25) is 0 Å². The van der Waals surface area contributed by atoms with Crippen LogP contribution in [0.1, 0.15) is 18.6 Å². The Morgan fingerprint density at radius 1 is 1.17 bits per heavy atom. The molecule has 0 atom stereocenters. The Labute approximate surface area is 92.0 Å². The van der Waals surface area contributed by atoms with Crippen molar-refractivity contribution in [1.29, 1.82) is 15.8 Å². The third-order valence-electron chi connectivity index (χ3n) is 1.03. The molecule has 0 aromatic carbocycles. The maximum Gasteiger partial charge on any atom is 1.00 e. The van der Waals surface area contributed by atoms with Gasteiger partial charge in [0.25, 0.3) is 0 Å². The van der Waals surface area contributed by atoms with Gasteiger partial charge in [-0.25, -0.2) is 4.98 Å². The van der Waals surface area contributed by atoms with Crippen LogP contribution in [0, 0.1) is 34.0 Å². The molecule has 0 bridgehead atoms. The first-order valence-corrected chi connectivity index (χ1v) is 2.62. The molecular weight excluding hydrogens is 165 g/mol. The van der Waals surface area contributed by atoms with Gasteiger partial charge in [0.1, 0.15) is 18.2 Å². The standard InChI is InChI=1S/C6HN5.Na.H/c7-1-4-5(2-8)11-6(3-9)10-4;;/h(H,10,11);;/q;+1;-1. The summed E-state index contributed by atoms with van der Waals surface area (Å²) in [6, 6.07) is 5.08. The Kier molecular flexibility index (Phi) is 4.04. The summed E-state index contributed by atoms with van der Waals surface area (Å²) in [4.78, 5) is 5.89. The number of imidazole rings is 1. The van der Waals surface area contributed by atoms with E-state index in [4.69, 9.17) is 15.8 Å². The van der Waals surface area contributed by atoms with Gasteiger partial charge < -0.3 is 6.41 Å². The van der Waals surface area contributed by atoms with Gasteiger partial charge in [-0.15, -0.1) is 0 Å². The van der Waals surface area contributed by atoms with Crippen molar-refractivity contribution in [1.82, 2.24) is 9.97 Å². The molecular formula is C6H2N5Na. The molecule has 0 spiro atoms. The van der Waals surface area contributed by atoms with E-state index in [1.807, 2.05) is 0 Å². The molecule has 0 saturated heterocycles. The zero-order chi connectivity index (χ0) is 8.27. The SMILES string of the molecule is N#Cc1nc(C#N)c(C#N)[nH]1.[H-].[Na+]. The minimum atomic E-state index is -0.0379. The predicted molar refractivity (Wildman–Crippen MR) is 33.8 cm³/mol. The van der Waals surface area contributed by atoms with Crippen molar-refractivity contribution in [2.24, 2.45) is 0 Å². The molecule has 1 aromatic rings. The van der Waals surface area contributed by atoms with Gasteiger partial charge in [0, 0.05) is 0 Å². The fraction of sp³-hybridized carbons (Fsp3) is 0. The van der Waals surface area contributed by atoms with Crippen LogP contribution >= 0.6 is 0 Å². The normalized spacial score (nSPS) is 7.08. The zero-order valence-corrected chi connectivity index (χ0v) is 8.29. The van der Waals surface area contributed by atoms with E-state index in [0.29, 0.717) is 0 Å². The number of hydrogen-bond acceptors (Lipinski definition) is 4. The van der Waals surface area contributed by atoms with Crippen molar-refractivity contribution < 1.29 is 31.0 Å². The summed E-state index contributed by atoms with van der Waals surface area (Å²) in [5.74, 6) is -0.0156. The van der Waals surface area contributed by atoms with Crippen LogP contribution in [-0.4, -0.2) is 9.97 Å². The number of nitriles is 3. The van der Waals surface area contributed by atoms with E-state index < -0.39 is 0 Å². The second-order valence-electron chi connectivity index (χ2n) is 1.64. The summed E-state index contributed by atoms with van der Waals surface area (Å²) < 4.78 is 0. The number of H-pyrrole nitrogens is 1. The quantitative estimate of drug-likeness (QED) is 0.420. The van der Waals surface area contributed by atoms with Crippen molar-refractivity contribution in [3.8, 4) is 18.2 Å². The molecule has 0 saturated carbocycles. The molecule has 0 unspecified atom stereocenters. The van der Waals surface area contributed by atoms with Gasteiger partial charge in [-0.1, -0.05) is 0 Å². The summed E-state index contributed by atoms with van der Waals surface area (Å²) >= 11 is 0. The second kappa shape index (κ2) is 4.54.